The van der Waals surface area contributed by atoms with Crippen molar-refractivity contribution < 1.29 is 9.18 Å². The fraction of sp³-hybridized carbons (Fsp3) is 0.435. The molecule has 27 heavy (non-hydrogen) atoms. The molecule has 1 saturated heterocycles. The van der Waals surface area contributed by atoms with Gasteiger partial charge in [0.15, 0.2) is 0 Å². The van der Waals surface area contributed by atoms with Crippen molar-refractivity contribution in [2.24, 2.45) is 5.92 Å². The van der Waals surface area contributed by atoms with Crippen LogP contribution >= 0.6 is 0 Å². The topological polar surface area (TPSA) is 32.3 Å². The molecule has 0 unspecified atom stereocenters. The maximum Gasteiger partial charge on any atom is 0.224 e. The molecule has 0 aromatic heterocycles. The summed E-state index contributed by atoms with van der Waals surface area (Å²) in [5, 5.41) is 3.21. The van der Waals surface area contributed by atoms with Crippen molar-refractivity contribution in [2.45, 2.75) is 46.2 Å². The third kappa shape index (κ3) is 5.16. The number of nitrogens with zero attached hydrogens (tertiary/aromatic N) is 1. The fourth-order valence-electron chi connectivity index (χ4n) is 3.90. The number of aryl methyl sites for hydroxylation is 2. The SMILES string of the molecule is Cc1ccc(C)c([C@@H](C)NC(=O)[C@H]2CCCN(Cc3ccc(F)cc3)C2)c1. The number of hydrogen-bond acceptors (Lipinski definition) is 2. The lowest BCUT2D eigenvalue weighted by Gasteiger charge is -2.32. The maximum atomic E-state index is 13.1. The smallest absolute Gasteiger partial charge is 0.224 e. The van der Waals surface area contributed by atoms with Crippen LogP contribution in [0.1, 0.15) is 48.1 Å². The number of likely N-dealkylation sites (tertiary alicyclic amines) is 1. The Bertz CT molecular complexity index is 787. The summed E-state index contributed by atoms with van der Waals surface area (Å²) in [6.45, 7) is 8.71. The van der Waals surface area contributed by atoms with E-state index in [4.69, 9.17) is 0 Å². The predicted molar refractivity (Wildman–Crippen MR) is 107 cm³/mol. The molecule has 3 nitrogen and oxygen atoms in total. The normalized spacial score (nSPS) is 18.9. The molecule has 3 rings (SSSR count). The highest BCUT2D eigenvalue weighted by atomic mass is 19.1. The van der Waals surface area contributed by atoms with E-state index in [0.717, 1.165) is 38.0 Å². The minimum atomic E-state index is -0.213. The van der Waals surface area contributed by atoms with E-state index >= 15 is 0 Å². The van der Waals surface area contributed by atoms with Crippen LogP contribution in [0.3, 0.4) is 0 Å². The molecule has 1 heterocycles. The van der Waals surface area contributed by atoms with Crippen molar-refractivity contribution in [2.75, 3.05) is 13.1 Å². The molecule has 1 amide bonds. The summed E-state index contributed by atoms with van der Waals surface area (Å²) in [5.74, 6) is -0.0749. The van der Waals surface area contributed by atoms with Gasteiger partial charge in [-0.05, 0) is 69.0 Å². The van der Waals surface area contributed by atoms with Gasteiger partial charge in [-0.1, -0.05) is 35.9 Å². The lowest BCUT2D eigenvalue weighted by molar-refractivity contribution is -0.127. The van der Waals surface area contributed by atoms with Crippen LogP contribution < -0.4 is 5.32 Å². The zero-order valence-corrected chi connectivity index (χ0v) is 16.5. The molecular weight excluding hydrogens is 339 g/mol. The van der Waals surface area contributed by atoms with E-state index in [1.807, 2.05) is 12.1 Å². The molecule has 1 N–H and O–H groups in total. The molecule has 1 aliphatic heterocycles. The van der Waals surface area contributed by atoms with Crippen LogP contribution in [-0.4, -0.2) is 23.9 Å². The van der Waals surface area contributed by atoms with Gasteiger partial charge < -0.3 is 5.32 Å². The van der Waals surface area contributed by atoms with Crippen LogP contribution in [0.15, 0.2) is 42.5 Å². The molecule has 2 aromatic rings. The Labute approximate surface area is 161 Å². The van der Waals surface area contributed by atoms with Crippen molar-refractivity contribution in [3.05, 3.63) is 70.5 Å². The molecule has 144 valence electrons. The number of halogens is 1. The number of benzene rings is 2. The Hall–Kier alpha value is -2.20. The number of amides is 1. The summed E-state index contributed by atoms with van der Waals surface area (Å²) < 4.78 is 13.1. The van der Waals surface area contributed by atoms with Gasteiger partial charge in [0.1, 0.15) is 5.82 Å². The highest BCUT2D eigenvalue weighted by molar-refractivity contribution is 5.79. The van der Waals surface area contributed by atoms with Crippen molar-refractivity contribution in [1.82, 2.24) is 10.2 Å². The van der Waals surface area contributed by atoms with Gasteiger partial charge in [0.2, 0.25) is 5.91 Å². The molecule has 0 aliphatic carbocycles. The summed E-state index contributed by atoms with van der Waals surface area (Å²) in [6, 6.07) is 13.0. The van der Waals surface area contributed by atoms with Crippen molar-refractivity contribution in [1.29, 1.82) is 0 Å². The summed E-state index contributed by atoms with van der Waals surface area (Å²) in [6.07, 6.45) is 1.93. The summed E-state index contributed by atoms with van der Waals surface area (Å²) in [7, 11) is 0. The van der Waals surface area contributed by atoms with Crippen molar-refractivity contribution in [3.8, 4) is 0 Å². The molecule has 1 fully saturated rings. The monoisotopic (exact) mass is 368 g/mol. The number of carbonyl (C=O) groups excluding carboxylic acids is 1. The molecule has 2 aromatic carbocycles. The van der Waals surface area contributed by atoms with Crippen LogP contribution in [0.4, 0.5) is 4.39 Å². The Morgan fingerprint density at radius 2 is 1.96 bits per heavy atom. The zero-order valence-electron chi connectivity index (χ0n) is 16.5. The van der Waals surface area contributed by atoms with Gasteiger partial charge in [-0.3, -0.25) is 9.69 Å². The van der Waals surface area contributed by atoms with E-state index in [-0.39, 0.29) is 23.7 Å². The lowest BCUT2D eigenvalue weighted by Crippen LogP contribution is -2.43. The Morgan fingerprint density at radius 3 is 2.70 bits per heavy atom. The Morgan fingerprint density at radius 1 is 1.22 bits per heavy atom. The van der Waals surface area contributed by atoms with E-state index in [1.165, 1.54) is 28.8 Å². The second-order valence-electron chi connectivity index (χ2n) is 7.79. The van der Waals surface area contributed by atoms with Gasteiger partial charge in [-0.2, -0.15) is 0 Å². The molecule has 0 spiro atoms. The molecule has 0 saturated carbocycles. The van der Waals surface area contributed by atoms with Gasteiger partial charge in [0, 0.05) is 13.1 Å². The second kappa shape index (κ2) is 8.66. The minimum Gasteiger partial charge on any atom is -0.349 e. The highest BCUT2D eigenvalue weighted by Crippen LogP contribution is 2.22. The van der Waals surface area contributed by atoms with Gasteiger partial charge in [0.05, 0.1) is 12.0 Å². The van der Waals surface area contributed by atoms with E-state index in [2.05, 4.69) is 49.2 Å². The average molecular weight is 368 g/mol. The van der Waals surface area contributed by atoms with Gasteiger partial charge >= 0.3 is 0 Å². The summed E-state index contributed by atoms with van der Waals surface area (Å²) >= 11 is 0. The first-order valence-electron chi connectivity index (χ1n) is 9.76. The van der Waals surface area contributed by atoms with Crippen molar-refractivity contribution in [3.63, 3.8) is 0 Å². The number of nitrogens with one attached hydrogen (secondary N) is 1. The average Bonchev–Trinajstić information content (AvgIpc) is 2.65. The number of hydrogen-bond donors (Lipinski definition) is 1. The summed E-state index contributed by atoms with van der Waals surface area (Å²) in [5.41, 5.74) is 4.68. The fourth-order valence-corrected chi connectivity index (χ4v) is 3.90. The maximum absolute atomic E-state index is 13.1. The van der Waals surface area contributed by atoms with Gasteiger partial charge in [-0.15, -0.1) is 0 Å². The van der Waals surface area contributed by atoms with E-state index < -0.39 is 0 Å². The molecule has 1 aliphatic rings. The van der Waals surface area contributed by atoms with E-state index in [1.54, 1.807) is 0 Å². The first-order chi connectivity index (χ1) is 12.9. The Kier molecular flexibility index (Phi) is 6.27. The third-order valence-corrected chi connectivity index (χ3v) is 5.46. The predicted octanol–water partition coefficient (Wildman–Crippen LogP) is 4.53. The van der Waals surface area contributed by atoms with Crippen LogP contribution in [-0.2, 0) is 11.3 Å². The van der Waals surface area contributed by atoms with Gasteiger partial charge in [-0.25, -0.2) is 4.39 Å². The first kappa shape index (κ1) is 19.6. The van der Waals surface area contributed by atoms with Gasteiger partial charge in [0.25, 0.3) is 0 Å². The number of carbonyl (C=O) groups is 1. The molecule has 0 radical (unpaired) electrons. The second-order valence-corrected chi connectivity index (χ2v) is 7.79. The quantitative estimate of drug-likeness (QED) is 0.841. The summed E-state index contributed by atoms with van der Waals surface area (Å²) in [4.78, 5) is 15.1. The Balaban J connectivity index is 1.59. The molecular formula is C23H29FN2O. The van der Waals surface area contributed by atoms with Crippen LogP contribution in [0.25, 0.3) is 0 Å². The molecule has 0 bridgehead atoms. The van der Waals surface area contributed by atoms with Crippen LogP contribution in [0, 0.1) is 25.6 Å². The van der Waals surface area contributed by atoms with Crippen LogP contribution in [0.2, 0.25) is 0 Å². The standard InChI is InChI=1S/C23H29FN2O/c1-16-6-7-17(2)22(13-16)18(3)25-23(27)20-5-4-12-26(15-20)14-19-8-10-21(24)11-9-19/h6-11,13,18,20H,4-5,12,14-15H2,1-3H3,(H,25,27)/t18-,20+/m1/s1. The number of rotatable bonds is 5. The number of piperidine rings is 1. The van der Waals surface area contributed by atoms with Crippen LogP contribution in [0.5, 0.6) is 0 Å². The third-order valence-electron chi connectivity index (χ3n) is 5.46. The van der Waals surface area contributed by atoms with E-state index in [0.29, 0.717) is 0 Å². The molecule has 4 heteroatoms. The molecule has 2 atom stereocenters. The minimum absolute atomic E-state index is 0.00451. The van der Waals surface area contributed by atoms with Crippen molar-refractivity contribution >= 4 is 5.91 Å². The first-order valence-corrected chi connectivity index (χ1v) is 9.76. The van der Waals surface area contributed by atoms with E-state index in [9.17, 15) is 9.18 Å². The largest absolute Gasteiger partial charge is 0.349 e. The zero-order chi connectivity index (χ0) is 19.4. The lowest BCUT2D eigenvalue weighted by atomic mass is 9.95. The highest BCUT2D eigenvalue weighted by Gasteiger charge is 2.27.